The second kappa shape index (κ2) is 6.31. The molecule has 1 atom stereocenters. The van der Waals surface area contributed by atoms with Gasteiger partial charge in [0, 0.05) is 25.4 Å². The number of pyridine rings is 1. The van der Waals surface area contributed by atoms with E-state index >= 15 is 0 Å². The quantitative estimate of drug-likeness (QED) is 0.929. The van der Waals surface area contributed by atoms with E-state index in [1.807, 2.05) is 18.2 Å². The zero-order chi connectivity index (χ0) is 17.2. The van der Waals surface area contributed by atoms with Gasteiger partial charge in [-0.15, -0.1) is 0 Å². The number of rotatable bonds is 4. The molecular weight excluding hydrogens is 308 g/mol. The van der Waals surface area contributed by atoms with Gasteiger partial charge in [-0.25, -0.2) is 0 Å². The van der Waals surface area contributed by atoms with Crippen molar-refractivity contribution in [2.24, 2.45) is 0 Å². The zero-order valence-corrected chi connectivity index (χ0v) is 13.3. The van der Waals surface area contributed by atoms with Gasteiger partial charge < -0.3 is 14.7 Å². The molecule has 1 unspecified atom stereocenters. The van der Waals surface area contributed by atoms with Crippen LogP contribution in [0.4, 0.5) is 0 Å². The average molecular weight is 326 g/mol. The van der Waals surface area contributed by atoms with Crippen LogP contribution >= 0.6 is 0 Å². The Labute approximate surface area is 139 Å². The molecule has 0 radical (unpaired) electrons. The fraction of sp³-hybridized carbons (Fsp3) is 0.278. The molecule has 1 amide bonds. The molecule has 0 saturated carbocycles. The number of ether oxygens (including phenoxy) is 1. The van der Waals surface area contributed by atoms with Crippen LogP contribution in [0.2, 0.25) is 0 Å². The molecule has 1 aromatic carbocycles. The molecule has 1 aliphatic heterocycles. The van der Waals surface area contributed by atoms with Crippen molar-refractivity contribution < 1.29 is 19.4 Å². The third-order valence-corrected chi connectivity index (χ3v) is 4.48. The van der Waals surface area contributed by atoms with Gasteiger partial charge in [-0.2, -0.15) is 0 Å². The molecule has 6 nitrogen and oxygen atoms in total. The van der Waals surface area contributed by atoms with Crippen LogP contribution in [0.25, 0.3) is 0 Å². The Morgan fingerprint density at radius 2 is 2.00 bits per heavy atom. The van der Waals surface area contributed by atoms with Crippen LogP contribution in [-0.4, -0.2) is 47.1 Å². The number of hydrogen-bond acceptors (Lipinski definition) is 4. The van der Waals surface area contributed by atoms with Gasteiger partial charge in [0.15, 0.2) is 0 Å². The minimum atomic E-state index is -1.07. The first-order chi connectivity index (χ1) is 11.6. The molecule has 6 heteroatoms. The number of amides is 1. The molecule has 1 aromatic heterocycles. The highest BCUT2D eigenvalue weighted by Crippen LogP contribution is 2.35. The summed E-state index contributed by atoms with van der Waals surface area (Å²) in [4.78, 5) is 30.3. The first-order valence-corrected chi connectivity index (χ1v) is 7.65. The predicted octanol–water partition coefficient (Wildman–Crippen LogP) is 1.96. The van der Waals surface area contributed by atoms with E-state index in [9.17, 15) is 14.7 Å². The minimum absolute atomic E-state index is 0.129. The van der Waals surface area contributed by atoms with Gasteiger partial charge in [0.25, 0.3) is 5.91 Å². The van der Waals surface area contributed by atoms with Gasteiger partial charge in [-0.1, -0.05) is 30.3 Å². The number of hydrogen-bond donors (Lipinski definition) is 1. The Morgan fingerprint density at radius 1 is 1.25 bits per heavy atom. The summed E-state index contributed by atoms with van der Waals surface area (Å²) in [5.74, 6) is -0.657. The molecule has 0 bridgehead atoms. The summed E-state index contributed by atoms with van der Waals surface area (Å²) >= 11 is 0. The third kappa shape index (κ3) is 2.71. The smallest absolute Gasteiger partial charge is 0.316 e. The standard InChI is InChI=1S/C18H18N2O4/c1-24-14-7-9-19-15(11-14)16(21)20-10-8-18(12-20,17(22)23)13-5-3-2-4-6-13/h2-7,9,11H,8,10,12H2,1H3,(H,22,23). The predicted molar refractivity (Wildman–Crippen MR) is 87.1 cm³/mol. The number of carbonyl (C=O) groups is 2. The van der Waals surface area contributed by atoms with Gasteiger partial charge >= 0.3 is 5.97 Å². The van der Waals surface area contributed by atoms with Crippen LogP contribution in [0.3, 0.4) is 0 Å². The highest BCUT2D eigenvalue weighted by Gasteiger charge is 2.47. The number of carboxylic acids is 1. The average Bonchev–Trinajstić information content (AvgIpc) is 3.08. The van der Waals surface area contributed by atoms with Crippen molar-refractivity contribution in [1.29, 1.82) is 0 Å². The number of aliphatic carboxylic acids is 1. The van der Waals surface area contributed by atoms with E-state index in [0.717, 1.165) is 0 Å². The highest BCUT2D eigenvalue weighted by molar-refractivity contribution is 5.94. The lowest BCUT2D eigenvalue weighted by Gasteiger charge is -2.25. The summed E-state index contributed by atoms with van der Waals surface area (Å²) in [6.45, 7) is 0.503. The minimum Gasteiger partial charge on any atom is -0.497 e. The Kier molecular flexibility index (Phi) is 4.20. The van der Waals surface area contributed by atoms with Crippen LogP contribution in [0.5, 0.6) is 5.75 Å². The van der Waals surface area contributed by atoms with Gasteiger partial charge in [0.1, 0.15) is 16.9 Å². The lowest BCUT2D eigenvalue weighted by Crippen LogP contribution is -2.40. The third-order valence-electron chi connectivity index (χ3n) is 4.48. The molecule has 1 aliphatic rings. The normalized spacial score (nSPS) is 20.0. The van der Waals surface area contributed by atoms with Crippen molar-refractivity contribution in [3.05, 3.63) is 59.9 Å². The molecule has 0 aliphatic carbocycles. The summed E-state index contributed by atoms with van der Waals surface area (Å²) in [7, 11) is 1.52. The molecule has 1 N–H and O–H groups in total. The summed E-state index contributed by atoms with van der Waals surface area (Å²) in [6.07, 6.45) is 1.88. The monoisotopic (exact) mass is 326 g/mol. The maximum absolute atomic E-state index is 12.7. The SMILES string of the molecule is COc1ccnc(C(=O)N2CCC(C(=O)O)(c3ccccc3)C2)c1. The van der Waals surface area contributed by atoms with Crippen LogP contribution in [0.1, 0.15) is 22.5 Å². The largest absolute Gasteiger partial charge is 0.497 e. The molecule has 0 spiro atoms. The van der Waals surface area contributed by atoms with Crippen molar-refractivity contribution in [1.82, 2.24) is 9.88 Å². The van der Waals surface area contributed by atoms with E-state index in [0.29, 0.717) is 24.3 Å². The van der Waals surface area contributed by atoms with Gasteiger partial charge in [-0.3, -0.25) is 14.6 Å². The van der Waals surface area contributed by atoms with Crippen LogP contribution in [0.15, 0.2) is 48.7 Å². The number of benzene rings is 1. The molecule has 1 saturated heterocycles. The van der Waals surface area contributed by atoms with E-state index in [1.54, 1.807) is 29.2 Å². The maximum Gasteiger partial charge on any atom is 0.316 e. The van der Waals surface area contributed by atoms with Crippen molar-refractivity contribution >= 4 is 11.9 Å². The summed E-state index contributed by atoms with van der Waals surface area (Å²) in [5, 5.41) is 9.80. The van der Waals surface area contributed by atoms with Gasteiger partial charge in [-0.05, 0) is 18.1 Å². The second-order valence-electron chi connectivity index (χ2n) is 5.81. The van der Waals surface area contributed by atoms with Crippen LogP contribution < -0.4 is 4.74 Å². The molecule has 24 heavy (non-hydrogen) atoms. The zero-order valence-electron chi connectivity index (χ0n) is 13.3. The Hall–Kier alpha value is -2.89. The molecular formula is C18H18N2O4. The van der Waals surface area contributed by atoms with Crippen molar-refractivity contribution in [3.63, 3.8) is 0 Å². The first-order valence-electron chi connectivity index (χ1n) is 7.65. The molecule has 2 heterocycles. The topological polar surface area (TPSA) is 79.7 Å². The van der Waals surface area contributed by atoms with Crippen LogP contribution in [-0.2, 0) is 10.2 Å². The van der Waals surface area contributed by atoms with Crippen molar-refractivity contribution in [3.8, 4) is 5.75 Å². The van der Waals surface area contributed by atoms with E-state index in [1.165, 1.54) is 13.3 Å². The van der Waals surface area contributed by atoms with E-state index in [-0.39, 0.29) is 18.1 Å². The summed E-state index contributed by atoms with van der Waals surface area (Å²) < 4.78 is 5.11. The first kappa shape index (κ1) is 16.0. The number of carboxylic acid groups (broad SMARTS) is 1. The number of methoxy groups -OCH3 is 1. The van der Waals surface area contributed by atoms with E-state index in [2.05, 4.69) is 4.98 Å². The number of aromatic nitrogens is 1. The van der Waals surface area contributed by atoms with Gasteiger partial charge in [0.2, 0.25) is 0 Å². The Balaban J connectivity index is 1.87. The molecule has 2 aromatic rings. The summed E-state index contributed by atoms with van der Waals surface area (Å²) in [5.41, 5.74) is -0.106. The second-order valence-corrected chi connectivity index (χ2v) is 5.81. The number of nitrogens with zero attached hydrogens (tertiary/aromatic N) is 2. The van der Waals surface area contributed by atoms with E-state index < -0.39 is 11.4 Å². The maximum atomic E-state index is 12.7. The number of carbonyl (C=O) groups excluding carboxylic acids is 1. The highest BCUT2D eigenvalue weighted by atomic mass is 16.5. The van der Waals surface area contributed by atoms with Gasteiger partial charge in [0.05, 0.1) is 7.11 Å². The Morgan fingerprint density at radius 3 is 2.67 bits per heavy atom. The molecule has 3 rings (SSSR count). The summed E-state index contributed by atoms with van der Waals surface area (Å²) in [6, 6.07) is 12.3. The molecule has 124 valence electrons. The van der Waals surface area contributed by atoms with Crippen molar-refractivity contribution in [2.75, 3.05) is 20.2 Å². The lowest BCUT2D eigenvalue weighted by atomic mass is 9.80. The molecule has 1 fully saturated rings. The fourth-order valence-corrected chi connectivity index (χ4v) is 3.09. The Bertz CT molecular complexity index is 763. The number of likely N-dealkylation sites (tertiary alicyclic amines) is 1. The van der Waals surface area contributed by atoms with E-state index in [4.69, 9.17) is 4.74 Å². The van der Waals surface area contributed by atoms with Crippen molar-refractivity contribution in [2.45, 2.75) is 11.8 Å². The fourth-order valence-electron chi connectivity index (χ4n) is 3.09. The lowest BCUT2D eigenvalue weighted by molar-refractivity contribution is -0.143. The van der Waals surface area contributed by atoms with Crippen LogP contribution in [0, 0.1) is 0 Å².